The van der Waals surface area contributed by atoms with Crippen LogP contribution in [0.25, 0.3) is 0 Å². The van der Waals surface area contributed by atoms with Crippen molar-refractivity contribution in [3.05, 3.63) is 71.8 Å². The van der Waals surface area contributed by atoms with E-state index in [-0.39, 0.29) is 13.2 Å². The second kappa shape index (κ2) is 9.00. The molecule has 0 spiro atoms. The fourth-order valence-electron chi connectivity index (χ4n) is 1.96. The molecule has 5 heteroatoms. The van der Waals surface area contributed by atoms with E-state index in [0.29, 0.717) is 0 Å². The molecule has 2 rings (SSSR count). The molecule has 0 saturated heterocycles. The minimum absolute atomic E-state index is 0.0296. The summed E-state index contributed by atoms with van der Waals surface area (Å²) in [6, 6.07) is 18.0. The lowest BCUT2D eigenvalue weighted by Crippen LogP contribution is -2.26. The summed E-state index contributed by atoms with van der Waals surface area (Å²) in [6.07, 6.45) is -4.70. The predicted octanol–water partition coefficient (Wildman–Crippen LogP) is 3.97. The second-order valence-electron chi connectivity index (χ2n) is 5.02. The molecule has 0 amide bonds. The fraction of sp³-hybridized carbons (Fsp3) is 0.278. The summed E-state index contributed by atoms with van der Waals surface area (Å²) >= 11 is 0. The van der Waals surface area contributed by atoms with Crippen molar-refractivity contribution in [2.45, 2.75) is 32.2 Å². The van der Waals surface area contributed by atoms with Crippen LogP contribution in [-0.2, 0) is 27.5 Å². The van der Waals surface area contributed by atoms with Crippen LogP contribution >= 0.6 is 0 Å². The Morgan fingerprint density at radius 3 is 1.91 bits per heavy atom. The third-order valence-corrected chi connectivity index (χ3v) is 3.20. The van der Waals surface area contributed by atoms with Crippen molar-refractivity contribution in [1.82, 2.24) is 0 Å². The van der Waals surface area contributed by atoms with Gasteiger partial charge in [0.15, 0.2) is 0 Å². The molecule has 0 aromatic heterocycles. The molecule has 0 heterocycles. The summed E-state index contributed by atoms with van der Waals surface area (Å²) < 4.78 is 36.2. The van der Waals surface area contributed by atoms with E-state index in [9.17, 15) is 13.6 Å². The minimum atomic E-state index is -2.75. The second-order valence-corrected chi connectivity index (χ2v) is 5.02. The lowest BCUT2D eigenvalue weighted by atomic mass is 10.2. The summed E-state index contributed by atoms with van der Waals surface area (Å²) in [5.74, 6) is -0.702. The number of hydrogen-bond donors (Lipinski definition) is 0. The highest BCUT2D eigenvalue weighted by Gasteiger charge is 2.25. The van der Waals surface area contributed by atoms with E-state index in [1.165, 1.54) is 0 Å². The zero-order valence-corrected chi connectivity index (χ0v) is 12.5. The number of esters is 1. The van der Waals surface area contributed by atoms with Crippen LogP contribution in [0.4, 0.5) is 8.78 Å². The first kappa shape index (κ1) is 17.1. The van der Waals surface area contributed by atoms with E-state index in [0.717, 1.165) is 11.1 Å². The van der Waals surface area contributed by atoms with Gasteiger partial charge in [0.05, 0.1) is 13.0 Å². The summed E-state index contributed by atoms with van der Waals surface area (Å²) in [4.78, 5) is 11.7. The molecule has 0 aliphatic carbocycles. The Kier molecular flexibility index (Phi) is 6.69. The topological polar surface area (TPSA) is 35.5 Å². The minimum Gasteiger partial charge on any atom is -0.461 e. The van der Waals surface area contributed by atoms with Crippen LogP contribution < -0.4 is 0 Å². The van der Waals surface area contributed by atoms with Gasteiger partial charge in [0.1, 0.15) is 12.7 Å². The molecule has 0 saturated carbocycles. The highest BCUT2D eigenvalue weighted by molar-refractivity contribution is 5.70. The molecule has 0 radical (unpaired) electrons. The molecule has 2 aromatic carbocycles. The first-order chi connectivity index (χ1) is 11.1. The van der Waals surface area contributed by atoms with Gasteiger partial charge in [-0.05, 0) is 11.1 Å². The van der Waals surface area contributed by atoms with Gasteiger partial charge < -0.3 is 9.47 Å². The number of hydrogen-bond acceptors (Lipinski definition) is 3. The van der Waals surface area contributed by atoms with E-state index in [2.05, 4.69) is 0 Å². The van der Waals surface area contributed by atoms with Crippen LogP contribution in [0.5, 0.6) is 0 Å². The monoisotopic (exact) mass is 320 g/mol. The van der Waals surface area contributed by atoms with E-state index in [1.54, 1.807) is 36.4 Å². The first-order valence-electron chi connectivity index (χ1n) is 7.28. The van der Waals surface area contributed by atoms with Crippen molar-refractivity contribution in [2.24, 2.45) is 0 Å². The molecule has 0 aliphatic heterocycles. The van der Waals surface area contributed by atoms with Gasteiger partial charge in [-0.25, -0.2) is 8.78 Å². The van der Waals surface area contributed by atoms with Gasteiger partial charge in [0.2, 0.25) is 0 Å². The highest BCUT2D eigenvalue weighted by atomic mass is 19.3. The molecule has 1 atom stereocenters. The van der Waals surface area contributed by atoms with Crippen molar-refractivity contribution in [3.63, 3.8) is 0 Å². The summed E-state index contributed by atoms with van der Waals surface area (Å²) in [7, 11) is 0. The van der Waals surface area contributed by atoms with Crippen LogP contribution in [0.1, 0.15) is 17.5 Å². The average molecular weight is 320 g/mol. The van der Waals surface area contributed by atoms with E-state index < -0.39 is 24.9 Å². The molecule has 1 unspecified atom stereocenters. The molecule has 0 fully saturated rings. The van der Waals surface area contributed by atoms with Crippen LogP contribution in [0.2, 0.25) is 0 Å². The average Bonchev–Trinajstić information content (AvgIpc) is 2.58. The van der Waals surface area contributed by atoms with Gasteiger partial charge in [-0.2, -0.15) is 0 Å². The molecule has 2 aromatic rings. The van der Waals surface area contributed by atoms with Crippen molar-refractivity contribution in [1.29, 1.82) is 0 Å². The maximum absolute atomic E-state index is 13.0. The normalized spacial score (nSPS) is 12.1. The lowest BCUT2D eigenvalue weighted by Gasteiger charge is -2.16. The Bertz CT molecular complexity index is 588. The standard InChI is InChI=1S/C18H18F2O3/c19-18(20)16(22-12-14-7-3-1-4-8-14)11-17(21)23-13-15-9-5-2-6-10-15/h1-10,16,18H,11-13H2. The number of rotatable bonds is 8. The quantitative estimate of drug-likeness (QED) is 0.690. The van der Waals surface area contributed by atoms with Gasteiger partial charge in [-0.3, -0.25) is 4.79 Å². The van der Waals surface area contributed by atoms with Crippen molar-refractivity contribution in [3.8, 4) is 0 Å². The number of benzene rings is 2. The SMILES string of the molecule is O=C(CC(OCc1ccccc1)C(F)F)OCc1ccccc1. The van der Waals surface area contributed by atoms with Crippen molar-refractivity contribution >= 4 is 5.97 Å². The van der Waals surface area contributed by atoms with E-state index in [1.807, 2.05) is 24.3 Å². The van der Waals surface area contributed by atoms with E-state index in [4.69, 9.17) is 9.47 Å². The fourth-order valence-corrected chi connectivity index (χ4v) is 1.96. The largest absolute Gasteiger partial charge is 0.461 e. The maximum Gasteiger partial charge on any atom is 0.308 e. The Morgan fingerprint density at radius 2 is 1.39 bits per heavy atom. The van der Waals surface area contributed by atoms with Gasteiger partial charge in [0, 0.05) is 0 Å². The number of halogens is 2. The number of carbonyl (C=O) groups is 1. The molecule has 122 valence electrons. The maximum atomic E-state index is 13.0. The summed E-state index contributed by atoms with van der Waals surface area (Å²) in [5.41, 5.74) is 1.58. The molecular weight excluding hydrogens is 302 g/mol. The molecular formula is C18H18F2O3. The molecule has 23 heavy (non-hydrogen) atoms. The Hall–Kier alpha value is -2.27. The Balaban J connectivity index is 1.80. The number of carbonyl (C=O) groups excluding carboxylic acids is 1. The van der Waals surface area contributed by atoms with Crippen LogP contribution in [0, 0.1) is 0 Å². The van der Waals surface area contributed by atoms with Gasteiger partial charge in [-0.1, -0.05) is 60.7 Å². The summed E-state index contributed by atoms with van der Waals surface area (Å²) in [6.45, 7) is 0.0934. The molecule has 0 N–H and O–H groups in total. The van der Waals surface area contributed by atoms with Crippen molar-refractivity contribution < 1.29 is 23.0 Å². The molecule has 0 bridgehead atoms. The van der Waals surface area contributed by atoms with Gasteiger partial charge in [0.25, 0.3) is 6.43 Å². The molecule has 3 nitrogen and oxygen atoms in total. The Labute approximate surface area is 133 Å². The van der Waals surface area contributed by atoms with Crippen molar-refractivity contribution in [2.75, 3.05) is 0 Å². The third-order valence-electron chi connectivity index (χ3n) is 3.20. The smallest absolute Gasteiger partial charge is 0.308 e. The number of alkyl halides is 2. The number of ether oxygens (including phenoxy) is 2. The Morgan fingerprint density at radius 1 is 0.870 bits per heavy atom. The van der Waals surface area contributed by atoms with Crippen LogP contribution in [0.3, 0.4) is 0 Å². The highest BCUT2D eigenvalue weighted by Crippen LogP contribution is 2.14. The zero-order chi connectivity index (χ0) is 16.5. The molecule has 0 aliphatic rings. The summed E-state index contributed by atoms with van der Waals surface area (Å²) in [5, 5.41) is 0. The van der Waals surface area contributed by atoms with Gasteiger partial charge >= 0.3 is 5.97 Å². The first-order valence-corrected chi connectivity index (χ1v) is 7.28. The third kappa shape index (κ3) is 6.16. The predicted molar refractivity (Wildman–Crippen MR) is 81.9 cm³/mol. The lowest BCUT2D eigenvalue weighted by molar-refractivity contribution is -0.153. The zero-order valence-electron chi connectivity index (χ0n) is 12.5. The van der Waals surface area contributed by atoms with Crippen LogP contribution in [0.15, 0.2) is 60.7 Å². The van der Waals surface area contributed by atoms with E-state index >= 15 is 0 Å². The van der Waals surface area contributed by atoms with Gasteiger partial charge in [-0.15, -0.1) is 0 Å². The van der Waals surface area contributed by atoms with Crippen LogP contribution in [-0.4, -0.2) is 18.5 Å².